The second kappa shape index (κ2) is 8.37. The molecule has 28 heavy (non-hydrogen) atoms. The van der Waals surface area contributed by atoms with Crippen molar-refractivity contribution < 1.29 is 13.2 Å². The summed E-state index contributed by atoms with van der Waals surface area (Å²) in [4.78, 5) is 6.80. The number of aromatic nitrogens is 1. The number of sulfone groups is 1. The molecule has 0 saturated carbocycles. The minimum atomic E-state index is -3.37. The smallest absolute Gasteiger partial charge is 0.179 e. The number of rotatable bonds is 6. The molecule has 0 spiro atoms. The van der Waals surface area contributed by atoms with E-state index < -0.39 is 9.84 Å². The minimum Gasteiger partial charge on any atom is -0.373 e. The lowest BCUT2D eigenvalue weighted by Gasteiger charge is -2.42. The number of nitrogens with zero attached hydrogens (tertiary/aromatic N) is 2. The van der Waals surface area contributed by atoms with Crippen LogP contribution in [0.4, 0.5) is 5.82 Å². The monoisotopic (exact) mass is 423 g/mol. The Balaban J connectivity index is 1.87. The highest BCUT2D eigenvalue weighted by Crippen LogP contribution is 2.29. The van der Waals surface area contributed by atoms with Gasteiger partial charge >= 0.3 is 0 Å². The molecule has 1 aromatic carbocycles. The van der Waals surface area contributed by atoms with Crippen molar-refractivity contribution in [2.45, 2.75) is 30.4 Å². The Morgan fingerprint density at radius 1 is 1.29 bits per heavy atom. The summed E-state index contributed by atoms with van der Waals surface area (Å²) < 4.78 is 30.0. The third kappa shape index (κ3) is 5.23. The van der Waals surface area contributed by atoms with Gasteiger partial charge in [-0.3, -0.25) is 4.90 Å². The first-order valence-corrected chi connectivity index (χ1v) is 11.5. The molecule has 3 rings (SSSR count). The molecule has 1 atom stereocenters. The molecule has 1 N–H and O–H groups in total. The van der Waals surface area contributed by atoms with Crippen LogP contribution in [0, 0.1) is 0 Å². The predicted octanol–water partition coefficient (Wildman–Crippen LogP) is 3.40. The molecule has 1 aliphatic heterocycles. The van der Waals surface area contributed by atoms with Crippen molar-refractivity contribution >= 4 is 27.3 Å². The van der Waals surface area contributed by atoms with Gasteiger partial charge in [-0.25, -0.2) is 13.4 Å². The van der Waals surface area contributed by atoms with Gasteiger partial charge < -0.3 is 10.1 Å². The number of anilines is 1. The van der Waals surface area contributed by atoms with E-state index >= 15 is 0 Å². The van der Waals surface area contributed by atoms with Crippen LogP contribution < -0.4 is 5.32 Å². The summed E-state index contributed by atoms with van der Waals surface area (Å²) in [6.45, 7) is 6.87. The minimum absolute atomic E-state index is 0.0230. The van der Waals surface area contributed by atoms with Crippen molar-refractivity contribution in [1.29, 1.82) is 0 Å². The van der Waals surface area contributed by atoms with E-state index in [4.69, 9.17) is 16.3 Å². The Hall–Kier alpha value is -1.67. The Morgan fingerprint density at radius 2 is 2.00 bits per heavy atom. The van der Waals surface area contributed by atoms with Gasteiger partial charge in [-0.1, -0.05) is 23.7 Å². The highest BCUT2D eigenvalue weighted by Gasteiger charge is 2.32. The second-order valence-electron chi connectivity index (χ2n) is 7.65. The number of hydrogen-bond donors (Lipinski definition) is 1. The normalized spacial score (nSPS) is 18.6. The van der Waals surface area contributed by atoms with E-state index in [9.17, 15) is 8.42 Å². The lowest BCUT2D eigenvalue weighted by atomic mass is 10.0. The van der Waals surface area contributed by atoms with Crippen LogP contribution >= 0.6 is 11.6 Å². The first-order valence-electron chi connectivity index (χ1n) is 9.18. The van der Waals surface area contributed by atoms with Crippen molar-refractivity contribution in [3.8, 4) is 0 Å². The fraction of sp³-hybridized carbons (Fsp3) is 0.450. The SMILES string of the molecule is CC1(C)CN(C(CNc2ncccc2S(C)(=O)=O)c2ccc(Cl)cc2)CCO1. The molecule has 0 radical (unpaired) electrons. The standard InChI is InChI=1S/C20H26ClN3O3S/c1-20(2)14-24(11-12-27-20)17(15-6-8-16(21)9-7-15)13-23-19-18(28(3,25)26)5-4-10-22-19/h4-10,17H,11-14H2,1-3H3,(H,22,23). The van der Waals surface area contributed by atoms with Crippen molar-refractivity contribution in [3.05, 3.63) is 53.2 Å². The fourth-order valence-corrected chi connectivity index (χ4v) is 4.41. The van der Waals surface area contributed by atoms with Crippen molar-refractivity contribution in [2.75, 3.05) is 37.8 Å². The van der Waals surface area contributed by atoms with Gasteiger partial charge in [0.2, 0.25) is 0 Å². The molecular weight excluding hydrogens is 398 g/mol. The molecule has 0 aliphatic carbocycles. The van der Waals surface area contributed by atoms with E-state index in [-0.39, 0.29) is 16.5 Å². The third-order valence-corrected chi connectivity index (χ3v) is 6.16. The highest BCUT2D eigenvalue weighted by atomic mass is 35.5. The summed E-state index contributed by atoms with van der Waals surface area (Å²) in [5.41, 5.74) is 0.859. The number of pyridine rings is 1. The predicted molar refractivity (Wildman–Crippen MR) is 112 cm³/mol. The fourth-order valence-electron chi connectivity index (χ4n) is 3.48. The summed E-state index contributed by atoms with van der Waals surface area (Å²) >= 11 is 6.07. The Kier molecular flexibility index (Phi) is 6.29. The van der Waals surface area contributed by atoms with E-state index in [1.165, 1.54) is 6.26 Å². The van der Waals surface area contributed by atoms with Crippen LogP contribution in [0.2, 0.25) is 5.02 Å². The number of halogens is 1. The molecule has 8 heteroatoms. The van der Waals surface area contributed by atoms with Gasteiger partial charge in [0, 0.05) is 37.1 Å². The summed E-state index contributed by atoms with van der Waals surface area (Å²) in [5, 5.41) is 3.93. The van der Waals surface area contributed by atoms with Crippen LogP contribution in [0.5, 0.6) is 0 Å². The highest BCUT2D eigenvalue weighted by molar-refractivity contribution is 7.90. The summed E-state index contributed by atoms with van der Waals surface area (Å²) in [6.07, 6.45) is 2.78. The summed E-state index contributed by atoms with van der Waals surface area (Å²) in [5.74, 6) is 0.372. The number of nitrogens with one attached hydrogen (secondary N) is 1. The zero-order valence-electron chi connectivity index (χ0n) is 16.4. The van der Waals surface area contributed by atoms with Crippen LogP contribution in [0.3, 0.4) is 0 Å². The van der Waals surface area contributed by atoms with Crippen molar-refractivity contribution in [1.82, 2.24) is 9.88 Å². The average molecular weight is 424 g/mol. The topological polar surface area (TPSA) is 71.5 Å². The Labute approximate surface area is 171 Å². The largest absolute Gasteiger partial charge is 0.373 e. The van der Waals surface area contributed by atoms with E-state index in [1.54, 1.807) is 18.3 Å². The molecule has 1 unspecified atom stereocenters. The van der Waals surface area contributed by atoms with Crippen molar-refractivity contribution in [2.24, 2.45) is 0 Å². The maximum Gasteiger partial charge on any atom is 0.179 e. The van der Waals surface area contributed by atoms with Gasteiger partial charge in [0.15, 0.2) is 9.84 Å². The molecule has 0 bridgehead atoms. The first-order chi connectivity index (χ1) is 13.2. The summed E-state index contributed by atoms with van der Waals surface area (Å²) in [6, 6.07) is 11.0. The van der Waals surface area contributed by atoms with E-state index in [2.05, 4.69) is 29.0 Å². The van der Waals surface area contributed by atoms with E-state index in [1.807, 2.05) is 24.3 Å². The summed E-state index contributed by atoms with van der Waals surface area (Å²) in [7, 11) is -3.37. The molecule has 0 amide bonds. The lowest BCUT2D eigenvalue weighted by molar-refractivity contribution is -0.0963. The van der Waals surface area contributed by atoms with Gasteiger partial charge in [-0.15, -0.1) is 0 Å². The number of ether oxygens (including phenoxy) is 1. The molecule has 1 saturated heterocycles. The maximum absolute atomic E-state index is 12.1. The second-order valence-corrected chi connectivity index (χ2v) is 10.1. The third-order valence-electron chi connectivity index (χ3n) is 4.78. The molecule has 6 nitrogen and oxygen atoms in total. The van der Waals surface area contributed by atoms with Gasteiger partial charge in [0.1, 0.15) is 10.7 Å². The van der Waals surface area contributed by atoms with Gasteiger partial charge in [-0.2, -0.15) is 0 Å². The van der Waals surface area contributed by atoms with Gasteiger partial charge in [-0.05, 0) is 43.7 Å². The van der Waals surface area contributed by atoms with Crippen molar-refractivity contribution in [3.63, 3.8) is 0 Å². The van der Waals surface area contributed by atoms with E-state index in [0.29, 0.717) is 24.0 Å². The molecule has 1 aliphatic rings. The molecule has 1 fully saturated rings. The number of hydrogen-bond acceptors (Lipinski definition) is 6. The number of benzene rings is 1. The molecule has 152 valence electrons. The zero-order valence-corrected chi connectivity index (χ0v) is 17.9. The van der Waals surface area contributed by atoms with Crippen LogP contribution in [0.15, 0.2) is 47.5 Å². The zero-order chi connectivity index (χ0) is 20.4. The lowest BCUT2D eigenvalue weighted by Crippen LogP contribution is -2.50. The molecular formula is C20H26ClN3O3S. The quantitative estimate of drug-likeness (QED) is 0.767. The Bertz CT molecular complexity index is 917. The first kappa shape index (κ1) is 21.0. The van der Waals surface area contributed by atoms with Crippen LogP contribution in [-0.4, -0.2) is 56.4 Å². The van der Waals surface area contributed by atoms with Crippen LogP contribution in [-0.2, 0) is 14.6 Å². The Morgan fingerprint density at radius 3 is 2.64 bits per heavy atom. The molecule has 2 heterocycles. The molecule has 1 aromatic heterocycles. The van der Waals surface area contributed by atoms with Gasteiger partial charge in [0.25, 0.3) is 0 Å². The van der Waals surface area contributed by atoms with Gasteiger partial charge in [0.05, 0.1) is 18.2 Å². The molecule has 2 aromatic rings. The maximum atomic E-state index is 12.1. The number of morpholine rings is 1. The van der Waals surface area contributed by atoms with E-state index in [0.717, 1.165) is 18.7 Å². The average Bonchev–Trinajstić information content (AvgIpc) is 2.62. The van der Waals surface area contributed by atoms with Crippen LogP contribution in [0.25, 0.3) is 0 Å². The van der Waals surface area contributed by atoms with Crippen LogP contribution in [0.1, 0.15) is 25.5 Å².